The van der Waals surface area contributed by atoms with Crippen LogP contribution in [0.5, 0.6) is 5.75 Å². The first kappa shape index (κ1) is 21.7. The van der Waals surface area contributed by atoms with Gasteiger partial charge in [0.1, 0.15) is 5.75 Å². The Kier molecular flexibility index (Phi) is 6.54. The molecule has 34 heavy (non-hydrogen) atoms. The first-order chi connectivity index (χ1) is 16.7. The van der Waals surface area contributed by atoms with Crippen LogP contribution in [0.1, 0.15) is 33.4 Å². The zero-order valence-corrected chi connectivity index (χ0v) is 19.2. The highest BCUT2D eigenvalue weighted by Gasteiger charge is 2.13. The Morgan fingerprint density at radius 2 is 0.853 bits per heavy atom. The quantitative estimate of drug-likeness (QED) is 0.273. The van der Waals surface area contributed by atoms with E-state index in [9.17, 15) is 5.11 Å². The number of aromatic hydroxyl groups is 1. The third kappa shape index (κ3) is 5.27. The highest BCUT2D eigenvalue weighted by atomic mass is 16.3. The molecule has 5 aromatic rings. The molecule has 0 aromatic heterocycles. The van der Waals surface area contributed by atoms with Crippen molar-refractivity contribution in [3.8, 4) is 16.9 Å². The maximum absolute atomic E-state index is 11.3. The molecule has 0 spiro atoms. The number of phenolic OH excluding ortho intramolecular Hbond substituents is 1. The van der Waals surface area contributed by atoms with E-state index in [2.05, 4.69) is 97.1 Å². The molecule has 0 heterocycles. The van der Waals surface area contributed by atoms with Crippen molar-refractivity contribution in [2.75, 3.05) is 0 Å². The van der Waals surface area contributed by atoms with Crippen molar-refractivity contribution in [2.45, 2.75) is 19.3 Å². The fourth-order valence-electron chi connectivity index (χ4n) is 4.50. The minimum Gasteiger partial charge on any atom is -0.507 e. The van der Waals surface area contributed by atoms with Crippen molar-refractivity contribution in [1.82, 2.24) is 0 Å². The van der Waals surface area contributed by atoms with Gasteiger partial charge in [-0.1, -0.05) is 121 Å². The number of hydrogen-bond acceptors (Lipinski definition) is 1. The maximum atomic E-state index is 11.3. The molecule has 166 valence electrons. The minimum absolute atomic E-state index is 0.372. The van der Waals surface area contributed by atoms with Gasteiger partial charge in [0.05, 0.1) is 0 Å². The Morgan fingerprint density at radius 3 is 1.38 bits per heavy atom. The van der Waals surface area contributed by atoms with Gasteiger partial charge in [-0.25, -0.2) is 0 Å². The van der Waals surface area contributed by atoms with Crippen molar-refractivity contribution in [1.29, 1.82) is 0 Å². The number of hydrogen-bond donors (Lipinski definition) is 1. The normalized spacial score (nSPS) is 10.8. The Balaban J connectivity index is 1.49. The Hall–Kier alpha value is -4.10. The molecule has 1 nitrogen and oxygen atoms in total. The van der Waals surface area contributed by atoms with Crippen LogP contribution < -0.4 is 0 Å². The Morgan fingerprint density at radius 1 is 0.412 bits per heavy atom. The van der Waals surface area contributed by atoms with Gasteiger partial charge in [-0.15, -0.1) is 0 Å². The van der Waals surface area contributed by atoms with E-state index in [0.29, 0.717) is 12.2 Å². The zero-order valence-electron chi connectivity index (χ0n) is 19.2. The summed E-state index contributed by atoms with van der Waals surface area (Å²) in [7, 11) is 0. The SMILES string of the molecule is Oc1c(Cc2ccccc2)cc(Cc2ccccc2)cc1-c1ccc(Cc2ccccc2)cc1. The van der Waals surface area contributed by atoms with E-state index < -0.39 is 0 Å². The van der Waals surface area contributed by atoms with Crippen molar-refractivity contribution in [3.05, 3.63) is 161 Å². The van der Waals surface area contributed by atoms with Crippen LogP contribution in [0.2, 0.25) is 0 Å². The maximum Gasteiger partial charge on any atom is 0.126 e. The lowest BCUT2D eigenvalue weighted by atomic mass is 9.92. The average molecular weight is 441 g/mol. The fraction of sp³-hybridized carbons (Fsp3) is 0.0909. The molecule has 0 saturated heterocycles. The third-order valence-corrected chi connectivity index (χ3v) is 6.25. The van der Waals surface area contributed by atoms with Crippen LogP contribution in [0.15, 0.2) is 127 Å². The van der Waals surface area contributed by atoms with Gasteiger partial charge in [0.2, 0.25) is 0 Å². The van der Waals surface area contributed by atoms with E-state index in [1.54, 1.807) is 0 Å². The van der Waals surface area contributed by atoms with Crippen molar-refractivity contribution in [2.24, 2.45) is 0 Å². The van der Waals surface area contributed by atoms with E-state index in [4.69, 9.17) is 0 Å². The summed E-state index contributed by atoms with van der Waals surface area (Å²) in [5.74, 6) is 0.372. The summed E-state index contributed by atoms with van der Waals surface area (Å²) < 4.78 is 0. The molecule has 0 bridgehead atoms. The van der Waals surface area contributed by atoms with Gasteiger partial charge in [0, 0.05) is 12.0 Å². The standard InChI is InChI=1S/C33H28O/c34-33-31(22-27-14-8-3-9-15-27)23-29(21-26-12-6-2-7-13-26)24-32(33)30-18-16-28(17-19-30)20-25-10-4-1-5-11-25/h1-19,23-24,34H,20-22H2. The molecular weight excluding hydrogens is 412 g/mol. The van der Waals surface area contributed by atoms with E-state index >= 15 is 0 Å². The number of benzene rings is 5. The summed E-state index contributed by atoms with van der Waals surface area (Å²) in [6.45, 7) is 0. The summed E-state index contributed by atoms with van der Waals surface area (Å²) in [5.41, 5.74) is 9.12. The largest absolute Gasteiger partial charge is 0.507 e. The van der Waals surface area contributed by atoms with Gasteiger partial charge < -0.3 is 5.11 Å². The van der Waals surface area contributed by atoms with Crippen LogP contribution in [0.4, 0.5) is 0 Å². The Bertz CT molecular complexity index is 1340. The lowest BCUT2D eigenvalue weighted by molar-refractivity contribution is 0.471. The van der Waals surface area contributed by atoms with Crippen LogP contribution in [0, 0.1) is 0 Å². The molecule has 1 N–H and O–H groups in total. The van der Waals surface area contributed by atoms with Crippen molar-refractivity contribution in [3.63, 3.8) is 0 Å². The second-order valence-corrected chi connectivity index (χ2v) is 8.84. The molecule has 0 fully saturated rings. The predicted molar refractivity (Wildman–Crippen MR) is 141 cm³/mol. The van der Waals surface area contributed by atoms with Crippen LogP contribution in [0.3, 0.4) is 0 Å². The highest BCUT2D eigenvalue weighted by molar-refractivity contribution is 5.73. The molecular formula is C33H28O. The van der Waals surface area contributed by atoms with Gasteiger partial charge in [0.25, 0.3) is 0 Å². The second-order valence-electron chi connectivity index (χ2n) is 8.84. The van der Waals surface area contributed by atoms with Crippen LogP contribution >= 0.6 is 0 Å². The molecule has 0 radical (unpaired) electrons. The second kappa shape index (κ2) is 10.2. The summed E-state index contributed by atoms with van der Waals surface area (Å²) in [5, 5.41) is 11.3. The summed E-state index contributed by atoms with van der Waals surface area (Å²) in [4.78, 5) is 0. The molecule has 0 saturated carbocycles. The van der Waals surface area contributed by atoms with E-state index in [1.165, 1.54) is 27.8 Å². The van der Waals surface area contributed by atoms with Gasteiger partial charge in [-0.05, 0) is 57.9 Å². The van der Waals surface area contributed by atoms with E-state index in [-0.39, 0.29) is 0 Å². The molecule has 5 rings (SSSR count). The lowest BCUT2D eigenvalue weighted by Gasteiger charge is -2.15. The van der Waals surface area contributed by atoms with Gasteiger partial charge in [-0.3, -0.25) is 0 Å². The van der Waals surface area contributed by atoms with Crippen LogP contribution in [-0.4, -0.2) is 5.11 Å². The van der Waals surface area contributed by atoms with Gasteiger partial charge in [-0.2, -0.15) is 0 Å². The lowest BCUT2D eigenvalue weighted by Crippen LogP contribution is -1.96. The van der Waals surface area contributed by atoms with E-state index in [0.717, 1.165) is 29.5 Å². The summed E-state index contributed by atoms with van der Waals surface area (Å²) >= 11 is 0. The van der Waals surface area contributed by atoms with Gasteiger partial charge in [0.15, 0.2) is 0 Å². The van der Waals surface area contributed by atoms with Crippen LogP contribution in [-0.2, 0) is 19.3 Å². The molecule has 5 aromatic carbocycles. The topological polar surface area (TPSA) is 20.2 Å². The van der Waals surface area contributed by atoms with Crippen molar-refractivity contribution < 1.29 is 5.11 Å². The molecule has 1 heteroatoms. The highest BCUT2D eigenvalue weighted by Crippen LogP contribution is 2.36. The predicted octanol–water partition coefficient (Wildman–Crippen LogP) is 7.83. The summed E-state index contributed by atoms with van der Waals surface area (Å²) in [6, 6.07) is 44.3. The monoisotopic (exact) mass is 440 g/mol. The zero-order chi connectivity index (χ0) is 23.2. The smallest absolute Gasteiger partial charge is 0.126 e. The molecule has 0 amide bonds. The minimum atomic E-state index is 0.372. The third-order valence-electron chi connectivity index (χ3n) is 6.25. The van der Waals surface area contributed by atoms with Gasteiger partial charge >= 0.3 is 0 Å². The molecule has 0 atom stereocenters. The first-order valence-corrected chi connectivity index (χ1v) is 11.8. The molecule has 0 aliphatic heterocycles. The first-order valence-electron chi connectivity index (χ1n) is 11.8. The van der Waals surface area contributed by atoms with E-state index in [1.807, 2.05) is 30.3 Å². The number of rotatable bonds is 7. The average Bonchev–Trinajstić information content (AvgIpc) is 2.88. The molecule has 0 aliphatic carbocycles. The molecule has 0 aliphatic rings. The Labute approximate surface area is 202 Å². The summed E-state index contributed by atoms with van der Waals surface area (Å²) in [6.07, 6.45) is 2.44. The number of phenols is 1. The van der Waals surface area contributed by atoms with Crippen LogP contribution in [0.25, 0.3) is 11.1 Å². The molecule has 0 unspecified atom stereocenters. The fourth-order valence-corrected chi connectivity index (χ4v) is 4.50. The van der Waals surface area contributed by atoms with Crippen molar-refractivity contribution >= 4 is 0 Å².